The molecule has 3 N–H and O–H groups in total. The van der Waals surface area contributed by atoms with Gasteiger partial charge in [0.2, 0.25) is 5.88 Å². The number of aliphatic carboxylic acids is 1. The third kappa shape index (κ3) is 3.70. The summed E-state index contributed by atoms with van der Waals surface area (Å²) in [5.41, 5.74) is 0.222. The Morgan fingerprint density at radius 3 is 2.67 bits per heavy atom. The van der Waals surface area contributed by atoms with Crippen LogP contribution in [0.1, 0.15) is 16.8 Å². The van der Waals surface area contributed by atoms with Crippen LogP contribution in [-0.4, -0.2) is 46.8 Å². The Bertz CT molecular complexity index is 418. The van der Waals surface area contributed by atoms with Crippen LogP contribution in [0.25, 0.3) is 0 Å². The molecule has 1 aromatic heterocycles. The molecule has 0 saturated heterocycles. The number of aromatic nitrogens is 1. The van der Waals surface area contributed by atoms with Gasteiger partial charge in [-0.25, -0.2) is 9.78 Å². The predicted molar refractivity (Wildman–Crippen MR) is 61.4 cm³/mol. The fourth-order valence-electron chi connectivity index (χ4n) is 1.26. The van der Waals surface area contributed by atoms with Crippen molar-refractivity contribution >= 4 is 11.9 Å². The maximum Gasteiger partial charge on any atom is 0.326 e. The molecule has 0 spiro atoms. The van der Waals surface area contributed by atoms with Crippen LogP contribution in [0.2, 0.25) is 0 Å². The minimum atomic E-state index is -1.20. The minimum absolute atomic E-state index is 0.0509. The van der Waals surface area contributed by atoms with Crippen LogP contribution in [0.3, 0.4) is 0 Å². The van der Waals surface area contributed by atoms with E-state index in [9.17, 15) is 9.59 Å². The Balaban J connectivity index is 2.70. The Morgan fingerprint density at radius 1 is 1.50 bits per heavy atom. The highest BCUT2D eigenvalue weighted by atomic mass is 16.5. The second-order valence-electron chi connectivity index (χ2n) is 3.47. The van der Waals surface area contributed by atoms with Crippen LogP contribution in [0.4, 0.5) is 0 Å². The first-order valence-corrected chi connectivity index (χ1v) is 5.23. The van der Waals surface area contributed by atoms with Gasteiger partial charge in [-0.3, -0.25) is 4.79 Å². The number of amides is 1. The Hall–Kier alpha value is -2.15. The van der Waals surface area contributed by atoms with Crippen molar-refractivity contribution in [1.82, 2.24) is 10.3 Å². The molecule has 0 radical (unpaired) electrons. The third-order valence-corrected chi connectivity index (χ3v) is 2.23. The van der Waals surface area contributed by atoms with Gasteiger partial charge < -0.3 is 20.3 Å². The number of carbonyl (C=O) groups excluding carboxylic acids is 1. The van der Waals surface area contributed by atoms with E-state index < -0.39 is 17.9 Å². The summed E-state index contributed by atoms with van der Waals surface area (Å²) < 4.78 is 4.84. The molecule has 7 nitrogen and oxygen atoms in total. The lowest BCUT2D eigenvalue weighted by Gasteiger charge is -2.13. The number of hydrogen-bond acceptors (Lipinski definition) is 5. The molecule has 0 aliphatic carbocycles. The van der Waals surface area contributed by atoms with E-state index in [1.165, 1.54) is 25.4 Å². The molecular formula is C11H14N2O5. The number of carbonyl (C=O) groups is 2. The van der Waals surface area contributed by atoms with E-state index in [1.54, 1.807) is 0 Å². The van der Waals surface area contributed by atoms with Crippen LogP contribution in [0.5, 0.6) is 5.88 Å². The molecule has 1 atom stereocenters. The van der Waals surface area contributed by atoms with E-state index in [1.807, 2.05) is 0 Å². The molecular weight excluding hydrogens is 240 g/mol. The summed E-state index contributed by atoms with van der Waals surface area (Å²) in [6, 6.07) is 1.85. The Kier molecular flexibility index (Phi) is 5.06. The lowest BCUT2D eigenvalue weighted by molar-refractivity contribution is -0.139. The summed E-state index contributed by atoms with van der Waals surface area (Å²) in [5, 5.41) is 19.8. The summed E-state index contributed by atoms with van der Waals surface area (Å²) >= 11 is 0. The first-order valence-electron chi connectivity index (χ1n) is 5.23. The molecule has 1 aromatic rings. The number of rotatable bonds is 6. The molecule has 18 heavy (non-hydrogen) atoms. The molecule has 7 heteroatoms. The van der Waals surface area contributed by atoms with Crippen molar-refractivity contribution < 1.29 is 24.5 Å². The van der Waals surface area contributed by atoms with Crippen molar-refractivity contribution in [3.05, 3.63) is 23.9 Å². The van der Waals surface area contributed by atoms with E-state index in [0.29, 0.717) is 5.88 Å². The monoisotopic (exact) mass is 254 g/mol. The zero-order valence-electron chi connectivity index (χ0n) is 9.79. The topological polar surface area (TPSA) is 109 Å². The number of nitrogens with zero attached hydrogens (tertiary/aromatic N) is 1. The maximum atomic E-state index is 11.7. The lowest BCUT2D eigenvalue weighted by atomic mass is 10.2. The summed E-state index contributed by atoms with van der Waals surface area (Å²) in [7, 11) is 1.45. The maximum absolute atomic E-state index is 11.7. The van der Waals surface area contributed by atoms with Crippen LogP contribution >= 0.6 is 0 Å². The predicted octanol–water partition coefficient (Wildman–Crippen LogP) is -0.344. The first-order chi connectivity index (χ1) is 8.58. The van der Waals surface area contributed by atoms with Gasteiger partial charge in [-0.2, -0.15) is 0 Å². The normalized spacial score (nSPS) is 11.7. The van der Waals surface area contributed by atoms with Gasteiger partial charge in [0.1, 0.15) is 6.04 Å². The Morgan fingerprint density at radius 2 is 2.22 bits per heavy atom. The van der Waals surface area contributed by atoms with Gasteiger partial charge in [0.15, 0.2) is 0 Å². The molecule has 1 rings (SSSR count). The minimum Gasteiger partial charge on any atom is -0.481 e. The van der Waals surface area contributed by atoms with E-state index in [2.05, 4.69) is 10.3 Å². The van der Waals surface area contributed by atoms with Crippen molar-refractivity contribution in [3.8, 4) is 5.88 Å². The van der Waals surface area contributed by atoms with Crippen molar-refractivity contribution in [2.45, 2.75) is 12.5 Å². The summed E-state index contributed by atoms with van der Waals surface area (Å²) in [6.45, 7) is -0.321. The number of pyridine rings is 1. The highest BCUT2D eigenvalue weighted by molar-refractivity contribution is 5.96. The SMILES string of the molecule is COc1ccc(C(=O)NC(CCO)C(=O)O)cn1. The van der Waals surface area contributed by atoms with Crippen molar-refractivity contribution in [1.29, 1.82) is 0 Å². The number of carboxylic acid groups (broad SMARTS) is 1. The molecule has 0 aliphatic rings. The molecule has 0 aliphatic heterocycles. The van der Waals surface area contributed by atoms with Crippen LogP contribution in [0.15, 0.2) is 18.3 Å². The second kappa shape index (κ2) is 6.55. The van der Waals surface area contributed by atoms with Gasteiger partial charge in [-0.15, -0.1) is 0 Å². The standard InChI is InChI=1S/C11H14N2O5/c1-18-9-3-2-7(6-12-9)10(15)13-8(4-5-14)11(16)17/h2-3,6,8,14H,4-5H2,1H3,(H,13,15)(H,16,17). The van der Waals surface area contributed by atoms with Gasteiger partial charge >= 0.3 is 5.97 Å². The number of carboxylic acids is 1. The van der Waals surface area contributed by atoms with Gasteiger partial charge in [0.25, 0.3) is 5.91 Å². The van der Waals surface area contributed by atoms with Gasteiger partial charge in [0, 0.05) is 25.3 Å². The zero-order valence-corrected chi connectivity index (χ0v) is 9.79. The molecule has 0 aromatic carbocycles. The molecule has 0 bridgehead atoms. The number of aliphatic hydroxyl groups excluding tert-OH is 1. The molecule has 98 valence electrons. The summed E-state index contributed by atoms with van der Waals surface area (Å²) in [5.74, 6) is -1.40. The lowest BCUT2D eigenvalue weighted by Crippen LogP contribution is -2.41. The largest absolute Gasteiger partial charge is 0.481 e. The first kappa shape index (κ1) is 13.9. The third-order valence-electron chi connectivity index (χ3n) is 2.23. The van der Waals surface area contributed by atoms with Crippen LogP contribution < -0.4 is 10.1 Å². The summed E-state index contributed by atoms with van der Waals surface area (Å²) in [6.07, 6.45) is 1.23. The highest BCUT2D eigenvalue weighted by Gasteiger charge is 2.20. The Labute approximate surface area is 103 Å². The average Bonchev–Trinajstić information content (AvgIpc) is 2.38. The number of ether oxygens (including phenoxy) is 1. The zero-order chi connectivity index (χ0) is 13.5. The van der Waals surface area contributed by atoms with Crippen molar-refractivity contribution in [3.63, 3.8) is 0 Å². The van der Waals surface area contributed by atoms with Gasteiger partial charge in [-0.1, -0.05) is 0 Å². The quantitative estimate of drug-likeness (QED) is 0.640. The molecule has 1 amide bonds. The second-order valence-corrected chi connectivity index (χ2v) is 3.47. The van der Waals surface area contributed by atoms with Crippen LogP contribution in [-0.2, 0) is 4.79 Å². The summed E-state index contributed by atoms with van der Waals surface area (Å²) in [4.78, 5) is 26.3. The van der Waals surface area contributed by atoms with E-state index >= 15 is 0 Å². The van der Waals surface area contributed by atoms with Crippen LogP contribution in [0, 0.1) is 0 Å². The number of nitrogens with one attached hydrogen (secondary N) is 1. The van der Waals surface area contributed by atoms with Crippen molar-refractivity contribution in [2.24, 2.45) is 0 Å². The molecule has 1 unspecified atom stereocenters. The molecule has 1 heterocycles. The fourth-order valence-corrected chi connectivity index (χ4v) is 1.26. The highest BCUT2D eigenvalue weighted by Crippen LogP contribution is 2.07. The number of aliphatic hydroxyl groups is 1. The van der Waals surface area contributed by atoms with E-state index in [4.69, 9.17) is 14.9 Å². The van der Waals surface area contributed by atoms with E-state index in [0.717, 1.165) is 0 Å². The smallest absolute Gasteiger partial charge is 0.326 e. The number of methoxy groups -OCH3 is 1. The molecule has 0 fully saturated rings. The average molecular weight is 254 g/mol. The van der Waals surface area contributed by atoms with Gasteiger partial charge in [-0.05, 0) is 6.07 Å². The van der Waals surface area contributed by atoms with Crippen molar-refractivity contribution in [2.75, 3.05) is 13.7 Å². The van der Waals surface area contributed by atoms with E-state index in [-0.39, 0.29) is 18.6 Å². The number of hydrogen-bond donors (Lipinski definition) is 3. The fraction of sp³-hybridized carbons (Fsp3) is 0.364. The molecule has 0 saturated carbocycles. The van der Waals surface area contributed by atoms with Gasteiger partial charge in [0.05, 0.1) is 12.7 Å².